The van der Waals surface area contributed by atoms with E-state index in [0.29, 0.717) is 16.9 Å². The predicted molar refractivity (Wildman–Crippen MR) is 92.3 cm³/mol. The fraction of sp³-hybridized carbons (Fsp3) is 0.278. The van der Waals surface area contributed by atoms with Gasteiger partial charge in [0.05, 0.1) is 17.6 Å². The number of nitrogens with zero attached hydrogens (tertiary/aromatic N) is 1. The third-order valence-corrected chi connectivity index (χ3v) is 6.51. The molecule has 1 aliphatic heterocycles. The molecule has 0 fully saturated rings. The Hall–Kier alpha value is -2.38. The van der Waals surface area contributed by atoms with Crippen molar-refractivity contribution in [2.75, 3.05) is 7.11 Å². The van der Waals surface area contributed by atoms with E-state index in [-0.39, 0.29) is 23.5 Å². The Kier molecular flexibility index (Phi) is 4.30. The summed E-state index contributed by atoms with van der Waals surface area (Å²) in [6, 6.07) is 8.13. The summed E-state index contributed by atoms with van der Waals surface area (Å²) in [5.41, 5.74) is 2.97. The number of aromatic carboxylic acids is 1. The van der Waals surface area contributed by atoms with Crippen LogP contribution in [0.25, 0.3) is 0 Å². The highest BCUT2D eigenvalue weighted by molar-refractivity contribution is 7.89. The van der Waals surface area contributed by atoms with E-state index in [4.69, 9.17) is 9.84 Å². The van der Waals surface area contributed by atoms with Crippen molar-refractivity contribution in [3.63, 3.8) is 0 Å². The van der Waals surface area contributed by atoms with E-state index in [1.165, 1.54) is 10.4 Å². The number of carboxylic acid groups (broad SMARTS) is 1. The number of hydrogen-bond acceptors (Lipinski definition) is 4. The van der Waals surface area contributed by atoms with E-state index in [1.807, 2.05) is 0 Å². The third kappa shape index (κ3) is 3.01. The Morgan fingerprint density at radius 3 is 2.24 bits per heavy atom. The van der Waals surface area contributed by atoms with Gasteiger partial charge in [0.25, 0.3) is 0 Å². The van der Waals surface area contributed by atoms with Gasteiger partial charge in [-0.3, -0.25) is 0 Å². The summed E-state index contributed by atoms with van der Waals surface area (Å²) in [7, 11) is -2.15. The van der Waals surface area contributed by atoms with Crippen LogP contribution >= 0.6 is 0 Å². The van der Waals surface area contributed by atoms with Crippen LogP contribution in [-0.2, 0) is 23.1 Å². The van der Waals surface area contributed by atoms with Gasteiger partial charge in [0.2, 0.25) is 10.0 Å². The van der Waals surface area contributed by atoms with Crippen molar-refractivity contribution >= 4 is 16.0 Å². The number of aryl methyl sites for hydroxylation is 2. The topological polar surface area (TPSA) is 83.9 Å². The van der Waals surface area contributed by atoms with Crippen molar-refractivity contribution in [1.29, 1.82) is 0 Å². The molecule has 0 amide bonds. The average Bonchev–Trinajstić information content (AvgIpc) is 2.97. The molecule has 1 N–H and O–H groups in total. The molecule has 2 aromatic carbocycles. The van der Waals surface area contributed by atoms with Crippen molar-refractivity contribution in [1.82, 2.24) is 4.31 Å². The van der Waals surface area contributed by atoms with Crippen molar-refractivity contribution in [3.8, 4) is 5.75 Å². The van der Waals surface area contributed by atoms with E-state index in [9.17, 15) is 13.2 Å². The SMILES string of the molecule is COc1cc(C)c(S(=O)(=O)N2Cc3ccc(C(=O)O)cc3C2)c(C)c1. The summed E-state index contributed by atoms with van der Waals surface area (Å²) in [5, 5.41) is 9.10. The quantitative estimate of drug-likeness (QED) is 0.905. The first-order chi connectivity index (χ1) is 11.7. The molecular weight excluding hydrogens is 342 g/mol. The Bertz CT molecular complexity index is 942. The van der Waals surface area contributed by atoms with Gasteiger partial charge >= 0.3 is 5.97 Å². The van der Waals surface area contributed by atoms with Gasteiger partial charge in [-0.1, -0.05) is 6.07 Å². The van der Waals surface area contributed by atoms with Gasteiger partial charge in [0, 0.05) is 13.1 Å². The summed E-state index contributed by atoms with van der Waals surface area (Å²) in [6.45, 7) is 3.90. The number of rotatable bonds is 4. The lowest BCUT2D eigenvalue weighted by Crippen LogP contribution is -2.27. The molecule has 0 spiro atoms. The summed E-state index contributed by atoms with van der Waals surface area (Å²) >= 11 is 0. The average molecular weight is 361 g/mol. The van der Waals surface area contributed by atoms with Crippen LogP contribution in [0.15, 0.2) is 35.2 Å². The number of benzene rings is 2. The number of fused-ring (bicyclic) bond motifs is 1. The van der Waals surface area contributed by atoms with Gasteiger partial charge < -0.3 is 9.84 Å². The van der Waals surface area contributed by atoms with Gasteiger partial charge in [-0.25, -0.2) is 13.2 Å². The number of sulfonamides is 1. The minimum Gasteiger partial charge on any atom is -0.497 e. The van der Waals surface area contributed by atoms with E-state index in [1.54, 1.807) is 45.2 Å². The molecular formula is C18H19NO5S. The highest BCUT2D eigenvalue weighted by Crippen LogP contribution is 2.33. The van der Waals surface area contributed by atoms with Crippen LogP contribution in [0.5, 0.6) is 5.75 Å². The van der Waals surface area contributed by atoms with Crippen molar-refractivity contribution in [3.05, 3.63) is 58.1 Å². The first-order valence-electron chi connectivity index (χ1n) is 7.74. The normalized spacial score (nSPS) is 14.4. The number of ether oxygens (including phenoxy) is 1. The zero-order valence-corrected chi connectivity index (χ0v) is 15.1. The van der Waals surface area contributed by atoms with Crippen LogP contribution in [0, 0.1) is 13.8 Å². The van der Waals surface area contributed by atoms with Gasteiger partial charge in [0.15, 0.2) is 0 Å². The maximum atomic E-state index is 13.1. The zero-order chi connectivity index (χ0) is 18.4. The third-order valence-electron chi connectivity index (χ3n) is 4.41. The number of methoxy groups -OCH3 is 1. The predicted octanol–water partition coefficient (Wildman–Crippen LogP) is 2.71. The van der Waals surface area contributed by atoms with Gasteiger partial charge in [-0.15, -0.1) is 0 Å². The van der Waals surface area contributed by atoms with Crippen LogP contribution in [0.1, 0.15) is 32.6 Å². The molecule has 0 aromatic heterocycles. The van der Waals surface area contributed by atoms with E-state index < -0.39 is 16.0 Å². The molecule has 0 radical (unpaired) electrons. The van der Waals surface area contributed by atoms with Gasteiger partial charge in [-0.2, -0.15) is 4.31 Å². The smallest absolute Gasteiger partial charge is 0.335 e. The van der Waals surface area contributed by atoms with Crippen molar-refractivity contribution in [2.24, 2.45) is 0 Å². The first-order valence-corrected chi connectivity index (χ1v) is 9.18. The minimum atomic E-state index is -3.70. The fourth-order valence-corrected chi connectivity index (χ4v) is 5.04. The van der Waals surface area contributed by atoms with Crippen LogP contribution in [0.3, 0.4) is 0 Å². The van der Waals surface area contributed by atoms with Crippen LogP contribution in [0.4, 0.5) is 0 Å². The lowest BCUT2D eigenvalue weighted by molar-refractivity contribution is 0.0696. The van der Waals surface area contributed by atoms with Crippen LogP contribution in [0.2, 0.25) is 0 Å². The summed E-state index contributed by atoms with van der Waals surface area (Å²) in [4.78, 5) is 11.4. The van der Waals surface area contributed by atoms with Crippen LogP contribution < -0.4 is 4.74 Å². The first kappa shape index (κ1) is 17.4. The second-order valence-corrected chi connectivity index (χ2v) is 8.03. The Labute approximate surface area is 146 Å². The molecule has 25 heavy (non-hydrogen) atoms. The van der Waals surface area contributed by atoms with Crippen molar-refractivity contribution in [2.45, 2.75) is 31.8 Å². The Morgan fingerprint density at radius 2 is 1.68 bits per heavy atom. The molecule has 3 rings (SSSR count). The highest BCUT2D eigenvalue weighted by atomic mass is 32.2. The van der Waals surface area contributed by atoms with Gasteiger partial charge in [0.1, 0.15) is 5.75 Å². The van der Waals surface area contributed by atoms with Crippen LogP contribution in [-0.4, -0.2) is 30.9 Å². The molecule has 0 unspecified atom stereocenters. The van der Waals surface area contributed by atoms with Gasteiger partial charge in [-0.05, 0) is 60.4 Å². The number of carbonyl (C=O) groups is 1. The number of carboxylic acids is 1. The Balaban J connectivity index is 1.99. The highest BCUT2D eigenvalue weighted by Gasteiger charge is 2.33. The summed E-state index contributed by atoms with van der Waals surface area (Å²) in [6.07, 6.45) is 0. The van der Waals surface area contributed by atoms with Crippen molar-refractivity contribution < 1.29 is 23.1 Å². The zero-order valence-electron chi connectivity index (χ0n) is 14.2. The largest absolute Gasteiger partial charge is 0.497 e. The molecule has 6 nitrogen and oxygen atoms in total. The molecule has 1 heterocycles. The number of hydrogen-bond donors (Lipinski definition) is 1. The fourth-order valence-electron chi connectivity index (χ4n) is 3.23. The summed E-state index contributed by atoms with van der Waals surface area (Å²) < 4.78 is 32.8. The molecule has 0 saturated carbocycles. The molecule has 0 saturated heterocycles. The lowest BCUT2D eigenvalue weighted by Gasteiger charge is -2.19. The lowest BCUT2D eigenvalue weighted by atomic mass is 10.1. The van der Waals surface area contributed by atoms with E-state index >= 15 is 0 Å². The molecule has 0 bridgehead atoms. The molecule has 2 aromatic rings. The summed E-state index contributed by atoms with van der Waals surface area (Å²) in [5.74, 6) is -0.407. The monoisotopic (exact) mass is 361 g/mol. The second-order valence-electron chi connectivity index (χ2n) is 6.15. The maximum Gasteiger partial charge on any atom is 0.335 e. The standard InChI is InChI=1S/C18H19NO5S/c1-11-6-16(24-3)7-12(2)17(11)25(22,23)19-9-14-5-4-13(18(20)21)8-15(14)10-19/h4-8H,9-10H2,1-3H3,(H,20,21). The van der Waals surface area contributed by atoms with E-state index in [0.717, 1.165) is 11.1 Å². The second kappa shape index (κ2) is 6.16. The molecule has 1 aliphatic rings. The molecule has 0 atom stereocenters. The maximum absolute atomic E-state index is 13.1. The Morgan fingerprint density at radius 1 is 1.08 bits per heavy atom. The minimum absolute atomic E-state index is 0.162. The molecule has 132 valence electrons. The molecule has 7 heteroatoms. The molecule has 0 aliphatic carbocycles. The van der Waals surface area contributed by atoms with E-state index in [2.05, 4.69) is 0 Å².